The Balaban J connectivity index is 0.00000225. The van der Waals surface area contributed by atoms with Gasteiger partial charge in [0, 0.05) is 51.9 Å². The molecular formula is C18H30IN5O. The topological polar surface area (TPSA) is 56.9 Å². The first-order chi connectivity index (χ1) is 11.8. The van der Waals surface area contributed by atoms with Crippen LogP contribution < -0.4 is 5.32 Å². The lowest BCUT2D eigenvalue weighted by Gasteiger charge is -2.36. The van der Waals surface area contributed by atoms with Crippen LogP contribution in [0.4, 0.5) is 0 Å². The monoisotopic (exact) mass is 459 g/mol. The summed E-state index contributed by atoms with van der Waals surface area (Å²) in [7, 11) is 0. The van der Waals surface area contributed by atoms with Gasteiger partial charge in [0.1, 0.15) is 6.26 Å². The smallest absolute Gasteiger partial charge is 0.194 e. The number of aliphatic imine (C=N–C) groups is 1. The molecule has 1 saturated heterocycles. The van der Waals surface area contributed by atoms with Crippen LogP contribution in [-0.4, -0.2) is 60.2 Å². The number of aromatic nitrogens is 1. The summed E-state index contributed by atoms with van der Waals surface area (Å²) in [5.74, 6) is 1.07. The first kappa shape index (κ1) is 20.2. The molecule has 3 rings (SSSR count). The van der Waals surface area contributed by atoms with E-state index in [0.29, 0.717) is 0 Å². The number of guanidine groups is 1. The van der Waals surface area contributed by atoms with Gasteiger partial charge >= 0.3 is 0 Å². The number of hydrogen-bond donors (Lipinski definition) is 1. The third-order valence-electron chi connectivity index (χ3n) is 4.71. The van der Waals surface area contributed by atoms with E-state index in [1.807, 2.05) is 6.07 Å². The van der Waals surface area contributed by atoms with Crippen molar-refractivity contribution in [3.05, 3.63) is 29.7 Å². The van der Waals surface area contributed by atoms with Gasteiger partial charge in [-0.2, -0.15) is 0 Å². The van der Waals surface area contributed by atoms with E-state index in [2.05, 4.69) is 33.3 Å². The van der Waals surface area contributed by atoms with Crippen LogP contribution in [0.25, 0.3) is 0 Å². The van der Waals surface area contributed by atoms with E-state index in [0.717, 1.165) is 63.9 Å². The van der Waals surface area contributed by atoms with Crippen molar-refractivity contribution in [1.82, 2.24) is 20.3 Å². The Morgan fingerprint density at radius 2 is 2.16 bits per heavy atom. The Kier molecular flexibility index (Phi) is 8.74. The van der Waals surface area contributed by atoms with E-state index >= 15 is 0 Å². The highest BCUT2D eigenvalue weighted by Crippen LogP contribution is 2.20. The van der Waals surface area contributed by atoms with Gasteiger partial charge in [0.25, 0.3) is 0 Å². The summed E-state index contributed by atoms with van der Waals surface area (Å²) in [4.78, 5) is 9.64. The first-order valence-electron chi connectivity index (χ1n) is 9.18. The fraction of sp³-hybridized carbons (Fsp3) is 0.667. The van der Waals surface area contributed by atoms with Crippen LogP contribution in [0.15, 0.2) is 33.5 Å². The molecule has 7 heteroatoms. The third-order valence-corrected chi connectivity index (χ3v) is 4.71. The van der Waals surface area contributed by atoms with Crippen molar-refractivity contribution in [3.8, 4) is 0 Å². The minimum atomic E-state index is 0. The molecule has 2 aliphatic rings. The molecule has 0 amide bonds. The first-order valence-corrected chi connectivity index (χ1v) is 9.18. The zero-order chi connectivity index (χ0) is 16.6. The fourth-order valence-corrected chi connectivity index (χ4v) is 3.36. The van der Waals surface area contributed by atoms with Crippen molar-refractivity contribution in [2.75, 3.05) is 39.3 Å². The summed E-state index contributed by atoms with van der Waals surface area (Å²) in [6.45, 7) is 8.89. The Bertz CT molecular complexity index is 550. The molecule has 0 saturated carbocycles. The lowest BCUT2D eigenvalue weighted by Crippen LogP contribution is -2.52. The molecule has 0 bridgehead atoms. The summed E-state index contributed by atoms with van der Waals surface area (Å²) < 4.78 is 4.91. The van der Waals surface area contributed by atoms with Crippen LogP contribution in [0.3, 0.4) is 0 Å². The van der Waals surface area contributed by atoms with Crippen molar-refractivity contribution in [2.24, 2.45) is 4.99 Å². The standard InChI is InChI=1S/C18H29N5O.HI/c1-2-19-18(20-9-7-16-5-3-4-6-16)23-12-10-22(11-13-23)15-17-8-14-24-21-17;/h5,8,14H,2-4,6-7,9-13,15H2,1H3,(H,19,20);1H. The van der Waals surface area contributed by atoms with Crippen LogP contribution in [-0.2, 0) is 6.54 Å². The maximum Gasteiger partial charge on any atom is 0.194 e. The highest BCUT2D eigenvalue weighted by molar-refractivity contribution is 14.0. The average molecular weight is 459 g/mol. The molecule has 140 valence electrons. The molecule has 1 fully saturated rings. The molecule has 0 aromatic carbocycles. The van der Waals surface area contributed by atoms with Gasteiger partial charge < -0.3 is 14.7 Å². The van der Waals surface area contributed by atoms with Gasteiger partial charge in [-0.1, -0.05) is 16.8 Å². The summed E-state index contributed by atoms with van der Waals surface area (Å²) in [6.07, 6.45) is 9.00. The van der Waals surface area contributed by atoms with Crippen molar-refractivity contribution in [1.29, 1.82) is 0 Å². The van der Waals surface area contributed by atoms with E-state index < -0.39 is 0 Å². The van der Waals surface area contributed by atoms with E-state index in [1.165, 1.54) is 19.3 Å². The minimum absolute atomic E-state index is 0. The minimum Gasteiger partial charge on any atom is -0.364 e. The molecule has 0 radical (unpaired) electrons. The lowest BCUT2D eigenvalue weighted by atomic mass is 10.2. The van der Waals surface area contributed by atoms with Crippen molar-refractivity contribution in [3.63, 3.8) is 0 Å². The zero-order valence-corrected chi connectivity index (χ0v) is 17.4. The van der Waals surface area contributed by atoms with E-state index in [-0.39, 0.29) is 24.0 Å². The Morgan fingerprint density at radius 1 is 1.32 bits per heavy atom. The molecule has 0 atom stereocenters. The number of nitrogens with one attached hydrogen (secondary N) is 1. The molecule has 2 heterocycles. The number of piperazine rings is 1. The summed E-state index contributed by atoms with van der Waals surface area (Å²) in [6, 6.07) is 1.94. The molecule has 1 aliphatic carbocycles. The number of allylic oxidation sites excluding steroid dienone is 1. The summed E-state index contributed by atoms with van der Waals surface area (Å²) >= 11 is 0. The van der Waals surface area contributed by atoms with E-state index in [4.69, 9.17) is 9.52 Å². The van der Waals surface area contributed by atoms with Crippen molar-refractivity contribution < 1.29 is 4.52 Å². The largest absolute Gasteiger partial charge is 0.364 e. The molecule has 1 N–H and O–H groups in total. The summed E-state index contributed by atoms with van der Waals surface area (Å²) in [5.41, 5.74) is 2.60. The van der Waals surface area contributed by atoms with E-state index in [9.17, 15) is 0 Å². The highest BCUT2D eigenvalue weighted by Gasteiger charge is 2.20. The maximum absolute atomic E-state index is 4.91. The van der Waals surface area contributed by atoms with Crippen LogP contribution in [0.1, 0.15) is 38.3 Å². The molecular weight excluding hydrogens is 429 g/mol. The number of nitrogens with zero attached hydrogens (tertiary/aromatic N) is 4. The van der Waals surface area contributed by atoms with Gasteiger partial charge in [-0.15, -0.1) is 24.0 Å². The molecule has 6 nitrogen and oxygen atoms in total. The van der Waals surface area contributed by atoms with Crippen molar-refractivity contribution >= 4 is 29.9 Å². The molecule has 25 heavy (non-hydrogen) atoms. The normalized spacial score (nSPS) is 18.8. The second-order valence-electron chi connectivity index (χ2n) is 6.49. The Hall–Kier alpha value is -1.09. The fourth-order valence-electron chi connectivity index (χ4n) is 3.36. The van der Waals surface area contributed by atoms with Crippen LogP contribution in [0, 0.1) is 0 Å². The Labute approximate surface area is 167 Å². The summed E-state index contributed by atoms with van der Waals surface area (Å²) in [5, 5.41) is 7.45. The second kappa shape index (κ2) is 10.8. The lowest BCUT2D eigenvalue weighted by molar-refractivity contribution is 0.169. The van der Waals surface area contributed by atoms with Gasteiger partial charge in [-0.25, -0.2) is 0 Å². The number of rotatable bonds is 6. The highest BCUT2D eigenvalue weighted by atomic mass is 127. The van der Waals surface area contributed by atoms with Gasteiger partial charge in [-0.3, -0.25) is 9.89 Å². The second-order valence-corrected chi connectivity index (χ2v) is 6.49. The van der Waals surface area contributed by atoms with Gasteiger partial charge in [-0.05, 0) is 32.6 Å². The Morgan fingerprint density at radius 3 is 2.80 bits per heavy atom. The number of hydrogen-bond acceptors (Lipinski definition) is 4. The molecule has 1 aromatic heterocycles. The molecule has 1 aromatic rings. The van der Waals surface area contributed by atoms with Crippen molar-refractivity contribution in [2.45, 2.75) is 39.2 Å². The molecule has 0 spiro atoms. The maximum atomic E-state index is 4.91. The SMILES string of the molecule is CCNC(=NCCC1=CCCC1)N1CCN(Cc2ccon2)CC1.I. The third kappa shape index (κ3) is 6.29. The zero-order valence-electron chi connectivity index (χ0n) is 15.1. The molecule has 1 aliphatic heterocycles. The van der Waals surface area contributed by atoms with Gasteiger partial charge in [0.2, 0.25) is 0 Å². The van der Waals surface area contributed by atoms with Crippen LogP contribution in [0.2, 0.25) is 0 Å². The van der Waals surface area contributed by atoms with Crippen LogP contribution in [0.5, 0.6) is 0 Å². The predicted molar refractivity (Wildman–Crippen MR) is 111 cm³/mol. The predicted octanol–water partition coefficient (Wildman–Crippen LogP) is 2.88. The molecule has 0 unspecified atom stereocenters. The van der Waals surface area contributed by atoms with Gasteiger partial charge in [0.05, 0.1) is 5.69 Å². The quantitative estimate of drug-likeness (QED) is 0.307. The van der Waals surface area contributed by atoms with E-state index in [1.54, 1.807) is 11.8 Å². The van der Waals surface area contributed by atoms with Crippen LogP contribution >= 0.6 is 24.0 Å². The average Bonchev–Trinajstić information content (AvgIpc) is 3.29. The number of halogens is 1. The van der Waals surface area contributed by atoms with Gasteiger partial charge in [0.15, 0.2) is 5.96 Å².